The molecular formula is C12H20N2O2. The van der Waals surface area contributed by atoms with E-state index in [4.69, 9.17) is 4.74 Å². The Morgan fingerprint density at radius 3 is 2.88 bits per heavy atom. The minimum atomic E-state index is 0.128. The fourth-order valence-electron chi connectivity index (χ4n) is 2.11. The van der Waals surface area contributed by atoms with Gasteiger partial charge in [-0.1, -0.05) is 12.2 Å². The largest absolute Gasteiger partial charge is 0.368 e. The number of carbonyl (C=O) groups excluding carboxylic acids is 1. The van der Waals surface area contributed by atoms with E-state index in [-0.39, 0.29) is 18.6 Å². The summed E-state index contributed by atoms with van der Waals surface area (Å²) in [5.74, 6) is 0.128. The minimum absolute atomic E-state index is 0.128. The molecule has 4 heteroatoms. The zero-order chi connectivity index (χ0) is 11.2. The van der Waals surface area contributed by atoms with E-state index in [0.717, 1.165) is 45.4 Å². The summed E-state index contributed by atoms with van der Waals surface area (Å²) in [4.78, 5) is 13.7. The fourth-order valence-corrected chi connectivity index (χ4v) is 2.11. The van der Waals surface area contributed by atoms with Crippen molar-refractivity contribution in [3.63, 3.8) is 0 Å². The molecule has 2 aliphatic heterocycles. The van der Waals surface area contributed by atoms with Crippen LogP contribution in [-0.2, 0) is 9.53 Å². The molecule has 0 saturated carbocycles. The molecule has 1 N–H and O–H groups in total. The number of carbonyl (C=O) groups is 1. The van der Waals surface area contributed by atoms with Gasteiger partial charge in [-0.25, -0.2) is 0 Å². The van der Waals surface area contributed by atoms with Gasteiger partial charge in [0.1, 0.15) is 6.61 Å². The second kappa shape index (κ2) is 6.01. The molecule has 1 amide bonds. The van der Waals surface area contributed by atoms with Crippen LogP contribution in [-0.4, -0.2) is 49.7 Å². The quantitative estimate of drug-likeness (QED) is 0.712. The average Bonchev–Trinajstić information content (AvgIpc) is 2.38. The molecule has 16 heavy (non-hydrogen) atoms. The molecule has 2 heterocycles. The third-order valence-corrected chi connectivity index (χ3v) is 3.14. The van der Waals surface area contributed by atoms with Crippen LogP contribution in [0.1, 0.15) is 19.3 Å². The highest BCUT2D eigenvalue weighted by atomic mass is 16.5. The van der Waals surface area contributed by atoms with Gasteiger partial charge in [-0.05, 0) is 32.4 Å². The van der Waals surface area contributed by atoms with E-state index in [0.29, 0.717) is 0 Å². The molecule has 0 unspecified atom stereocenters. The predicted octanol–water partition coefficient (Wildman–Crippen LogP) is 0.544. The molecule has 1 saturated heterocycles. The van der Waals surface area contributed by atoms with E-state index in [9.17, 15) is 4.79 Å². The van der Waals surface area contributed by atoms with Crippen LogP contribution in [0.3, 0.4) is 0 Å². The van der Waals surface area contributed by atoms with Crippen LogP contribution in [0, 0.1) is 0 Å². The maximum Gasteiger partial charge on any atom is 0.248 e. The van der Waals surface area contributed by atoms with Gasteiger partial charge in [-0.3, -0.25) is 4.79 Å². The van der Waals surface area contributed by atoms with Crippen molar-refractivity contribution in [2.75, 3.05) is 32.8 Å². The van der Waals surface area contributed by atoms with Gasteiger partial charge in [0.15, 0.2) is 0 Å². The van der Waals surface area contributed by atoms with Crippen LogP contribution >= 0.6 is 0 Å². The zero-order valence-electron chi connectivity index (χ0n) is 9.65. The Hall–Kier alpha value is -0.870. The highest BCUT2D eigenvalue weighted by molar-refractivity contribution is 5.77. The van der Waals surface area contributed by atoms with Gasteiger partial charge >= 0.3 is 0 Å². The van der Waals surface area contributed by atoms with Crippen LogP contribution in [0.25, 0.3) is 0 Å². The van der Waals surface area contributed by atoms with Crippen LogP contribution in [0.2, 0.25) is 0 Å². The van der Waals surface area contributed by atoms with Crippen molar-refractivity contribution in [2.45, 2.75) is 25.4 Å². The number of piperidine rings is 1. The first-order chi connectivity index (χ1) is 7.86. The van der Waals surface area contributed by atoms with E-state index >= 15 is 0 Å². The lowest BCUT2D eigenvalue weighted by Gasteiger charge is -2.26. The maximum atomic E-state index is 11.8. The molecule has 0 aromatic heterocycles. The van der Waals surface area contributed by atoms with Gasteiger partial charge < -0.3 is 15.0 Å². The van der Waals surface area contributed by atoms with Gasteiger partial charge in [-0.2, -0.15) is 0 Å². The standard InChI is InChI=1S/C12H20N2O2/c15-12(14-8-2-1-3-9-14)10-16-11-4-6-13-7-5-11/h1-2,11,13H,3-10H2. The first kappa shape index (κ1) is 11.6. The van der Waals surface area contributed by atoms with Crippen molar-refractivity contribution in [2.24, 2.45) is 0 Å². The Kier molecular flexibility index (Phi) is 4.36. The summed E-state index contributed by atoms with van der Waals surface area (Å²) in [6.07, 6.45) is 7.45. The molecule has 2 aliphatic rings. The smallest absolute Gasteiger partial charge is 0.248 e. The lowest BCUT2D eigenvalue weighted by atomic mass is 10.1. The molecule has 0 aromatic carbocycles. The SMILES string of the molecule is O=C(COC1CCNCC1)N1CC=CCC1. The van der Waals surface area contributed by atoms with Crippen molar-refractivity contribution in [3.05, 3.63) is 12.2 Å². The first-order valence-corrected chi connectivity index (χ1v) is 6.11. The van der Waals surface area contributed by atoms with Crippen molar-refractivity contribution in [1.82, 2.24) is 10.2 Å². The molecule has 0 aromatic rings. The molecule has 0 aliphatic carbocycles. The summed E-state index contributed by atoms with van der Waals surface area (Å²) in [6, 6.07) is 0. The summed E-state index contributed by atoms with van der Waals surface area (Å²) in [6.45, 7) is 3.84. The van der Waals surface area contributed by atoms with Gasteiger partial charge in [0.2, 0.25) is 5.91 Å². The van der Waals surface area contributed by atoms with Crippen LogP contribution < -0.4 is 5.32 Å². The molecule has 0 bridgehead atoms. The lowest BCUT2D eigenvalue weighted by Crippen LogP contribution is -2.39. The monoisotopic (exact) mass is 224 g/mol. The number of rotatable bonds is 3. The maximum absolute atomic E-state index is 11.8. The lowest BCUT2D eigenvalue weighted by molar-refractivity contribution is -0.138. The van der Waals surface area contributed by atoms with Crippen LogP contribution in [0.4, 0.5) is 0 Å². The molecule has 0 spiro atoms. The molecule has 0 radical (unpaired) electrons. The summed E-state index contributed by atoms with van der Waals surface area (Å²) >= 11 is 0. The second-order valence-corrected chi connectivity index (χ2v) is 4.36. The highest BCUT2D eigenvalue weighted by Gasteiger charge is 2.18. The number of hydrogen-bond donors (Lipinski definition) is 1. The highest BCUT2D eigenvalue weighted by Crippen LogP contribution is 2.08. The van der Waals surface area contributed by atoms with Crippen molar-refractivity contribution >= 4 is 5.91 Å². The molecule has 90 valence electrons. The van der Waals surface area contributed by atoms with Crippen molar-refractivity contribution < 1.29 is 9.53 Å². The summed E-state index contributed by atoms with van der Waals surface area (Å²) in [5.41, 5.74) is 0. The summed E-state index contributed by atoms with van der Waals surface area (Å²) in [7, 11) is 0. The van der Waals surface area contributed by atoms with Crippen LogP contribution in [0.5, 0.6) is 0 Å². The van der Waals surface area contributed by atoms with E-state index in [1.54, 1.807) is 0 Å². The van der Waals surface area contributed by atoms with Crippen molar-refractivity contribution in [1.29, 1.82) is 0 Å². The normalized spacial score (nSPS) is 22.4. The Balaban J connectivity index is 1.68. The molecule has 4 nitrogen and oxygen atoms in total. The molecular weight excluding hydrogens is 204 g/mol. The Morgan fingerprint density at radius 1 is 1.38 bits per heavy atom. The number of nitrogens with zero attached hydrogens (tertiary/aromatic N) is 1. The number of nitrogens with one attached hydrogen (secondary N) is 1. The van der Waals surface area contributed by atoms with E-state index < -0.39 is 0 Å². The number of ether oxygens (including phenoxy) is 1. The van der Waals surface area contributed by atoms with Gasteiger partial charge in [0, 0.05) is 13.1 Å². The molecule has 1 fully saturated rings. The summed E-state index contributed by atoms with van der Waals surface area (Å²) < 4.78 is 5.64. The van der Waals surface area contributed by atoms with Gasteiger partial charge in [0.05, 0.1) is 6.10 Å². The topological polar surface area (TPSA) is 41.6 Å². The Morgan fingerprint density at radius 2 is 2.19 bits per heavy atom. The van der Waals surface area contributed by atoms with E-state index in [2.05, 4.69) is 11.4 Å². The van der Waals surface area contributed by atoms with Gasteiger partial charge in [0.25, 0.3) is 0 Å². The number of amides is 1. The van der Waals surface area contributed by atoms with Crippen LogP contribution in [0.15, 0.2) is 12.2 Å². The Bertz CT molecular complexity index is 260. The summed E-state index contributed by atoms with van der Waals surface area (Å²) in [5, 5.41) is 3.28. The zero-order valence-corrected chi connectivity index (χ0v) is 9.65. The first-order valence-electron chi connectivity index (χ1n) is 6.11. The van der Waals surface area contributed by atoms with E-state index in [1.807, 2.05) is 11.0 Å². The third-order valence-electron chi connectivity index (χ3n) is 3.14. The Labute approximate surface area is 96.6 Å². The van der Waals surface area contributed by atoms with Gasteiger partial charge in [-0.15, -0.1) is 0 Å². The predicted molar refractivity (Wildman–Crippen MR) is 62.2 cm³/mol. The third kappa shape index (κ3) is 3.32. The molecule has 2 rings (SSSR count). The second-order valence-electron chi connectivity index (χ2n) is 4.36. The van der Waals surface area contributed by atoms with E-state index in [1.165, 1.54) is 0 Å². The van der Waals surface area contributed by atoms with Crippen molar-refractivity contribution in [3.8, 4) is 0 Å². The average molecular weight is 224 g/mol. The molecule has 0 atom stereocenters. The minimum Gasteiger partial charge on any atom is -0.368 e. The number of hydrogen-bond acceptors (Lipinski definition) is 3. The fraction of sp³-hybridized carbons (Fsp3) is 0.750.